The maximum absolute atomic E-state index is 13.6. The fraction of sp³-hybridized carbons (Fsp3) is 0.458. The van der Waals surface area contributed by atoms with Crippen molar-refractivity contribution in [1.82, 2.24) is 9.47 Å². The van der Waals surface area contributed by atoms with Crippen LogP contribution in [0.15, 0.2) is 34.0 Å². The van der Waals surface area contributed by atoms with E-state index >= 15 is 0 Å². The zero-order chi connectivity index (χ0) is 22.1. The Kier molecular flexibility index (Phi) is 6.53. The van der Waals surface area contributed by atoms with Crippen LogP contribution in [0.3, 0.4) is 0 Å². The molecule has 0 bridgehead atoms. The predicted octanol–water partition coefficient (Wildman–Crippen LogP) is 4.87. The van der Waals surface area contributed by atoms with Gasteiger partial charge in [-0.2, -0.15) is 0 Å². The highest BCUT2D eigenvalue weighted by Crippen LogP contribution is 2.37. The number of thiocarbonyl (C=S) groups is 1. The predicted molar refractivity (Wildman–Crippen MR) is 135 cm³/mol. The fourth-order valence-corrected chi connectivity index (χ4v) is 5.64. The topological polar surface area (TPSA) is 45.6 Å². The van der Waals surface area contributed by atoms with E-state index in [9.17, 15) is 9.59 Å². The van der Waals surface area contributed by atoms with Crippen molar-refractivity contribution in [2.75, 3.05) is 24.5 Å². The number of aromatic nitrogens is 1. The van der Waals surface area contributed by atoms with Gasteiger partial charge in [-0.3, -0.25) is 14.5 Å². The molecule has 0 atom stereocenters. The second kappa shape index (κ2) is 9.17. The average molecular weight is 456 g/mol. The van der Waals surface area contributed by atoms with Crippen molar-refractivity contribution in [3.63, 3.8) is 0 Å². The second-order valence-electron chi connectivity index (χ2n) is 8.54. The number of fused-ring (bicyclic) bond motifs is 1. The van der Waals surface area contributed by atoms with Gasteiger partial charge in [0.25, 0.3) is 11.5 Å². The van der Waals surface area contributed by atoms with E-state index in [1.165, 1.54) is 11.8 Å². The summed E-state index contributed by atoms with van der Waals surface area (Å²) in [5.41, 5.74) is 2.45. The van der Waals surface area contributed by atoms with Crippen LogP contribution in [0.4, 0.5) is 5.69 Å². The lowest BCUT2D eigenvalue weighted by Gasteiger charge is -2.24. The van der Waals surface area contributed by atoms with Crippen LogP contribution in [-0.2, 0) is 11.3 Å². The van der Waals surface area contributed by atoms with E-state index in [1.807, 2.05) is 25.1 Å². The lowest BCUT2D eigenvalue weighted by molar-refractivity contribution is -0.122. The Morgan fingerprint density at radius 1 is 1.16 bits per heavy atom. The van der Waals surface area contributed by atoms with E-state index in [1.54, 1.807) is 15.5 Å². The maximum atomic E-state index is 13.6. The van der Waals surface area contributed by atoms with Gasteiger partial charge in [0.05, 0.1) is 21.7 Å². The van der Waals surface area contributed by atoms with E-state index in [0.29, 0.717) is 33.8 Å². The first-order chi connectivity index (χ1) is 14.9. The number of para-hydroxylation sites is 1. The highest BCUT2D eigenvalue weighted by atomic mass is 32.2. The molecule has 1 amide bonds. The van der Waals surface area contributed by atoms with Gasteiger partial charge in [0.2, 0.25) is 0 Å². The molecule has 2 aliphatic heterocycles. The number of hydrogen-bond acceptors (Lipinski definition) is 5. The van der Waals surface area contributed by atoms with Crippen LogP contribution >= 0.6 is 24.0 Å². The molecule has 2 aliphatic rings. The Bertz CT molecular complexity index is 1110. The van der Waals surface area contributed by atoms with Crippen LogP contribution < -0.4 is 10.5 Å². The number of rotatable bonds is 6. The Labute approximate surface area is 193 Å². The monoisotopic (exact) mass is 455 g/mol. The molecule has 31 heavy (non-hydrogen) atoms. The van der Waals surface area contributed by atoms with Crippen molar-refractivity contribution < 1.29 is 4.79 Å². The van der Waals surface area contributed by atoms with Crippen LogP contribution in [0.25, 0.3) is 17.0 Å². The lowest BCUT2D eigenvalue weighted by Crippen LogP contribution is -2.30. The number of carbonyl (C=O) groups is 1. The molecular formula is C24H29N3O2S2. The molecule has 0 aliphatic carbocycles. The van der Waals surface area contributed by atoms with Gasteiger partial charge in [-0.1, -0.05) is 56.0 Å². The van der Waals surface area contributed by atoms with E-state index in [2.05, 4.69) is 24.8 Å². The molecule has 5 nitrogen and oxygen atoms in total. The molecule has 2 saturated heterocycles. The molecule has 0 unspecified atom stereocenters. The van der Waals surface area contributed by atoms with Gasteiger partial charge < -0.3 is 9.47 Å². The van der Waals surface area contributed by atoms with Crippen LogP contribution in [0.2, 0.25) is 0 Å². The number of nitrogens with zero attached hydrogens (tertiary/aromatic N) is 3. The largest absolute Gasteiger partial charge is 0.370 e. The minimum absolute atomic E-state index is 0.0458. The summed E-state index contributed by atoms with van der Waals surface area (Å²) in [7, 11) is 0. The van der Waals surface area contributed by atoms with E-state index in [-0.39, 0.29) is 11.5 Å². The van der Waals surface area contributed by atoms with Gasteiger partial charge in [-0.05, 0) is 44.2 Å². The van der Waals surface area contributed by atoms with E-state index in [4.69, 9.17) is 12.2 Å². The first kappa shape index (κ1) is 22.1. The lowest BCUT2D eigenvalue weighted by atomic mass is 10.1. The number of benzene rings is 1. The molecule has 0 saturated carbocycles. The summed E-state index contributed by atoms with van der Waals surface area (Å²) < 4.78 is 2.39. The summed E-state index contributed by atoms with van der Waals surface area (Å²) in [6.45, 7) is 9.31. The SMILES string of the molecule is CCn1c(=O)c(C=C2SC(=S)N(CCC(C)C)C2=O)c(N2CCCC2)c2ccccc21. The Morgan fingerprint density at radius 2 is 1.87 bits per heavy atom. The van der Waals surface area contributed by atoms with Gasteiger partial charge in [-0.15, -0.1) is 0 Å². The highest BCUT2D eigenvalue weighted by molar-refractivity contribution is 8.26. The van der Waals surface area contributed by atoms with Crippen LogP contribution in [-0.4, -0.2) is 39.3 Å². The van der Waals surface area contributed by atoms with Crippen molar-refractivity contribution in [3.8, 4) is 0 Å². The first-order valence-corrected chi connectivity index (χ1v) is 12.3. The summed E-state index contributed by atoms with van der Waals surface area (Å²) in [5, 5.41) is 1.06. The average Bonchev–Trinajstić information content (AvgIpc) is 3.36. The zero-order valence-electron chi connectivity index (χ0n) is 18.4. The van der Waals surface area contributed by atoms with Crippen molar-refractivity contribution in [3.05, 3.63) is 45.1 Å². The number of thioether (sulfide) groups is 1. The quantitative estimate of drug-likeness (QED) is 0.459. The Balaban J connectivity index is 1.86. The molecule has 3 heterocycles. The summed E-state index contributed by atoms with van der Waals surface area (Å²) in [4.78, 5) is 31.2. The molecule has 1 aromatic heterocycles. The van der Waals surface area contributed by atoms with Crippen LogP contribution in [0.5, 0.6) is 0 Å². The summed E-state index contributed by atoms with van der Waals surface area (Å²) in [6, 6.07) is 8.08. The summed E-state index contributed by atoms with van der Waals surface area (Å²) in [5.74, 6) is 0.409. The Hall–Kier alpha value is -2.12. The van der Waals surface area contributed by atoms with Crippen molar-refractivity contribution in [1.29, 1.82) is 0 Å². The summed E-state index contributed by atoms with van der Waals surface area (Å²) in [6.07, 6.45) is 4.92. The normalized spacial score (nSPS) is 18.4. The molecule has 164 valence electrons. The summed E-state index contributed by atoms with van der Waals surface area (Å²) >= 11 is 6.80. The van der Waals surface area contributed by atoms with E-state index in [0.717, 1.165) is 48.9 Å². The van der Waals surface area contributed by atoms with E-state index < -0.39 is 0 Å². The maximum Gasteiger partial charge on any atom is 0.266 e. The van der Waals surface area contributed by atoms with Gasteiger partial charge >= 0.3 is 0 Å². The van der Waals surface area contributed by atoms with Gasteiger partial charge in [0.1, 0.15) is 4.32 Å². The first-order valence-electron chi connectivity index (χ1n) is 11.1. The third-order valence-corrected chi connectivity index (χ3v) is 7.38. The van der Waals surface area contributed by atoms with Gasteiger partial charge in [0, 0.05) is 31.6 Å². The smallest absolute Gasteiger partial charge is 0.266 e. The van der Waals surface area contributed by atoms with Crippen molar-refractivity contribution in [2.24, 2.45) is 5.92 Å². The number of amides is 1. The highest BCUT2D eigenvalue weighted by Gasteiger charge is 2.33. The molecule has 7 heteroatoms. The van der Waals surface area contributed by atoms with Gasteiger partial charge in [-0.25, -0.2) is 0 Å². The van der Waals surface area contributed by atoms with Crippen molar-refractivity contribution >= 4 is 56.9 Å². The molecule has 1 aromatic carbocycles. The van der Waals surface area contributed by atoms with Crippen LogP contribution in [0, 0.1) is 5.92 Å². The molecule has 4 rings (SSSR count). The minimum atomic E-state index is -0.0846. The fourth-order valence-electron chi connectivity index (χ4n) is 4.35. The van der Waals surface area contributed by atoms with Gasteiger partial charge in [0.15, 0.2) is 0 Å². The Morgan fingerprint density at radius 3 is 2.55 bits per heavy atom. The number of hydrogen-bond donors (Lipinski definition) is 0. The number of aryl methyl sites for hydroxylation is 1. The molecule has 0 N–H and O–H groups in total. The molecular weight excluding hydrogens is 426 g/mol. The molecule has 2 aromatic rings. The number of anilines is 1. The number of carbonyl (C=O) groups excluding carboxylic acids is 1. The molecule has 2 fully saturated rings. The van der Waals surface area contributed by atoms with Crippen LogP contribution in [0.1, 0.15) is 45.6 Å². The zero-order valence-corrected chi connectivity index (χ0v) is 20.0. The standard InChI is InChI=1S/C24H29N3O2S2/c1-4-26-19-10-6-5-9-17(19)21(25-12-7-8-13-25)18(22(26)28)15-20-23(29)27(24(30)31-20)14-11-16(2)3/h5-6,9-10,15-16H,4,7-8,11-14H2,1-3H3. The minimum Gasteiger partial charge on any atom is -0.370 e. The second-order valence-corrected chi connectivity index (χ2v) is 10.2. The van der Waals surface area contributed by atoms with Crippen molar-refractivity contribution in [2.45, 2.75) is 46.6 Å². The number of pyridine rings is 1. The third kappa shape index (κ3) is 4.17. The third-order valence-electron chi connectivity index (χ3n) is 6.00. The molecule has 0 spiro atoms. The molecule has 0 radical (unpaired) electrons.